The lowest BCUT2D eigenvalue weighted by molar-refractivity contribution is 0.0837. The van der Waals surface area contributed by atoms with Crippen LogP contribution in [0.15, 0.2) is 76.2 Å². The van der Waals surface area contributed by atoms with Crippen LogP contribution in [0.4, 0.5) is 0 Å². The largest absolute Gasteiger partial charge is 0.488 e. The van der Waals surface area contributed by atoms with Crippen LogP contribution < -0.4 is 4.74 Å². The quantitative estimate of drug-likeness (QED) is 0.278. The number of aromatic nitrogens is 1. The molecule has 0 saturated heterocycles. The molecular weight excluding hydrogens is 538 g/mol. The van der Waals surface area contributed by atoms with Crippen LogP contribution >= 0.6 is 27.5 Å². The van der Waals surface area contributed by atoms with Crippen LogP contribution in [-0.2, 0) is 16.4 Å². The first kappa shape index (κ1) is 23.1. The number of nitrogens with zero attached hydrogens (tertiary/aromatic N) is 1. The van der Waals surface area contributed by atoms with Crippen molar-refractivity contribution in [3.8, 4) is 5.75 Å². The molecule has 0 amide bonds. The zero-order valence-corrected chi connectivity index (χ0v) is 21.5. The molecule has 1 aliphatic heterocycles. The van der Waals surface area contributed by atoms with Gasteiger partial charge >= 0.3 is 0 Å². The van der Waals surface area contributed by atoms with Gasteiger partial charge in [-0.1, -0.05) is 47.5 Å². The van der Waals surface area contributed by atoms with Gasteiger partial charge in [0.15, 0.2) is 5.78 Å². The van der Waals surface area contributed by atoms with Crippen LogP contribution in [0.25, 0.3) is 10.9 Å². The molecule has 1 aliphatic rings. The highest BCUT2D eigenvalue weighted by Gasteiger charge is 2.29. The van der Waals surface area contributed by atoms with Crippen molar-refractivity contribution in [3.63, 3.8) is 0 Å². The predicted molar refractivity (Wildman–Crippen MR) is 137 cm³/mol. The average Bonchev–Trinajstić information content (AvgIpc) is 3.18. The Labute approximate surface area is 211 Å². The summed E-state index contributed by atoms with van der Waals surface area (Å²) in [6.45, 7) is 1.92. The fraction of sp³-hybridized carbons (Fsp3) is 0.192. The average molecular weight is 559 g/mol. The van der Waals surface area contributed by atoms with Gasteiger partial charge in [-0.15, -0.1) is 0 Å². The monoisotopic (exact) mass is 557 g/mol. The zero-order chi connectivity index (χ0) is 24.0. The van der Waals surface area contributed by atoms with Crippen LogP contribution in [0.2, 0.25) is 5.02 Å². The SMILES string of the molecule is Cc1ccc(S(=O)(=O)n2cc(CCC3CC(=O)c4cc(Cl)cc(Br)c4O3)c3ccccc32)cc1. The van der Waals surface area contributed by atoms with Crippen molar-refractivity contribution >= 4 is 54.2 Å². The van der Waals surface area contributed by atoms with Gasteiger partial charge < -0.3 is 4.74 Å². The summed E-state index contributed by atoms with van der Waals surface area (Å²) in [5, 5.41) is 1.34. The third kappa shape index (κ3) is 4.17. The Hall–Kier alpha value is -2.61. The lowest BCUT2D eigenvalue weighted by Gasteiger charge is -2.26. The van der Waals surface area contributed by atoms with Gasteiger partial charge in [-0.3, -0.25) is 4.79 Å². The van der Waals surface area contributed by atoms with E-state index in [1.54, 1.807) is 42.6 Å². The number of para-hydroxylation sites is 1. The van der Waals surface area contributed by atoms with Crippen LogP contribution in [0.5, 0.6) is 5.75 Å². The summed E-state index contributed by atoms with van der Waals surface area (Å²) < 4.78 is 34.9. The van der Waals surface area contributed by atoms with Crippen LogP contribution in [0, 0.1) is 6.92 Å². The standard InChI is InChI=1S/C26H21BrClNO4S/c1-16-6-10-20(11-7-16)34(31,32)29-15-17(21-4-2-3-5-24(21)29)8-9-19-14-25(30)22-12-18(28)13-23(27)26(22)33-19/h2-7,10-13,15,19H,8-9,14H2,1H3. The third-order valence-electron chi connectivity index (χ3n) is 6.08. The zero-order valence-electron chi connectivity index (χ0n) is 18.3. The summed E-state index contributed by atoms with van der Waals surface area (Å²) in [7, 11) is -3.75. The molecule has 0 bridgehead atoms. The summed E-state index contributed by atoms with van der Waals surface area (Å²) in [6, 6.07) is 17.6. The number of aryl methyl sites for hydroxylation is 2. The molecule has 5 rings (SSSR count). The number of hydrogen-bond acceptors (Lipinski definition) is 4. The van der Waals surface area contributed by atoms with E-state index in [0.717, 1.165) is 16.5 Å². The Morgan fingerprint density at radius 1 is 1.12 bits per heavy atom. The van der Waals surface area contributed by atoms with Gasteiger partial charge in [-0.2, -0.15) is 0 Å². The maximum atomic E-state index is 13.4. The number of Topliss-reactive ketones (excluding diaryl/α,β-unsaturated/α-hetero) is 1. The first-order valence-electron chi connectivity index (χ1n) is 10.8. The van der Waals surface area contributed by atoms with Crippen molar-refractivity contribution in [2.75, 3.05) is 0 Å². The maximum absolute atomic E-state index is 13.4. The summed E-state index contributed by atoms with van der Waals surface area (Å²) in [4.78, 5) is 12.9. The molecule has 0 spiro atoms. The molecule has 1 atom stereocenters. The molecule has 3 aromatic carbocycles. The minimum atomic E-state index is -3.75. The second-order valence-electron chi connectivity index (χ2n) is 8.46. The molecule has 174 valence electrons. The summed E-state index contributed by atoms with van der Waals surface area (Å²) in [5.41, 5.74) is 3.00. The van der Waals surface area contributed by atoms with E-state index in [1.165, 1.54) is 3.97 Å². The first-order chi connectivity index (χ1) is 16.2. The van der Waals surface area contributed by atoms with E-state index < -0.39 is 10.0 Å². The normalized spacial score (nSPS) is 15.9. The molecule has 5 nitrogen and oxygen atoms in total. The number of fused-ring (bicyclic) bond motifs is 2. The fourth-order valence-electron chi connectivity index (χ4n) is 4.33. The molecule has 0 N–H and O–H groups in total. The number of ether oxygens (including phenoxy) is 1. The Balaban J connectivity index is 1.44. The van der Waals surface area contributed by atoms with E-state index in [4.69, 9.17) is 16.3 Å². The van der Waals surface area contributed by atoms with Crippen LogP contribution in [0.3, 0.4) is 0 Å². The maximum Gasteiger partial charge on any atom is 0.268 e. The number of hydrogen-bond donors (Lipinski definition) is 0. The third-order valence-corrected chi connectivity index (χ3v) is 8.58. The Morgan fingerprint density at radius 2 is 1.85 bits per heavy atom. The molecule has 0 aliphatic carbocycles. The molecule has 4 aromatic rings. The van der Waals surface area contributed by atoms with Crippen molar-refractivity contribution < 1.29 is 17.9 Å². The second kappa shape index (κ2) is 8.87. The van der Waals surface area contributed by atoms with Gasteiger partial charge in [-0.25, -0.2) is 12.4 Å². The highest BCUT2D eigenvalue weighted by molar-refractivity contribution is 9.10. The lowest BCUT2D eigenvalue weighted by atomic mass is 9.96. The molecule has 0 radical (unpaired) electrons. The van der Waals surface area contributed by atoms with E-state index >= 15 is 0 Å². The molecule has 8 heteroatoms. The van der Waals surface area contributed by atoms with Crippen molar-refractivity contribution in [1.29, 1.82) is 0 Å². The molecule has 1 aromatic heterocycles. The minimum Gasteiger partial charge on any atom is -0.488 e. The van der Waals surface area contributed by atoms with E-state index in [0.29, 0.717) is 39.2 Å². The molecule has 2 heterocycles. The Kier molecular flexibility index (Phi) is 6.04. The molecular formula is C26H21BrClNO4S. The van der Waals surface area contributed by atoms with Gasteiger partial charge in [0.25, 0.3) is 10.0 Å². The number of ketones is 1. The number of rotatable bonds is 5. The van der Waals surface area contributed by atoms with E-state index in [1.807, 2.05) is 31.2 Å². The Morgan fingerprint density at radius 3 is 2.62 bits per heavy atom. The second-order valence-corrected chi connectivity index (χ2v) is 11.6. The Bertz CT molecular complexity index is 1530. The van der Waals surface area contributed by atoms with E-state index in [2.05, 4.69) is 15.9 Å². The highest BCUT2D eigenvalue weighted by Crippen LogP contribution is 2.38. The predicted octanol–water partition coefficient (Wildman–Crippen LogP) is 6.57. The van der Waals surface area contributed by atoms with E-state index in [-0.39, 0.29) is 23.2 Å². The van der Waals surface area contributed by atoms with Crippen LogP contribution in [-0.4, -0.2) is 24.3 Å². The molecule has 0 saturated carbocycles. The van der Waals surface area contributed by atoms with Gasteiger partial charge in [0.2, 0.25) is 0 Å². The van der Waals surface area contributed by atoms with Crippen molar-refractivity contribution in [2.45, 2.75) is 37.2 Å². The summed E-state index contributed by atoms with van der Waals surface area (Å²) in [5.74, 6) is 0.494. The van der Waals surface area contributed by atoms with Crippen molar-refractivity contribution in [2.24, 2.45) is 0 Å². The number of halogens is 2. The van der Waals surface area contributed by atoms with Gasteiger partial charge in [0.1, 0.15) is 11.9 Å². The first-order valence-corrected chi connectivity index (χ1v) is 13.5. The number of carbonyl (C=O) groups excluding carboxylic acids is 1. The number of carbonyl (C=O) groups is 1. The van der Waals surface area contributed by atoms with Crippen molar-refractivity contribution in [3.05, 3.63) is 93.0 Å². The summed E-state index contributed by atoms with van der Waals surface area (Å²) in [6.07, 6.45) is 2.76. The van der Waals surface area contributed by atoms with Crippen molar-refractivity contribution in [1.82, 2.24) is 3.97 Å². The summed E-state index contributed by atoms with van der Waals surface area (Å²) >= 11 is 9.52. The van der Waals surface area contributed by atoms with Crippen LogP contribution in [0.1, 0.15) is 34.3 Å². The molecule has 34 heavy (non-hydrogen) atoms. The molecule has 1 unspecified atom stereocenters. The lowest BCUT2D eigenvalue weighted by Crippen LogP contribution is -2.27. The highest BCUT2D eigenvalue weighted by atomic mass is 79.9. The number of benzene rings is 3. The fourth-order valence-corrected chi connectivity index (χ4v) is 6.62. The van der Waals surface area contributed by atoms with Gasteiger partial charge in [0.05, 0.1) is 20.4 Å². The van der Waals surface area contributed by atoms with Gasteiger partial charge in [0, 0.05) is 23.0 Å². The van der Waals surface area contributed by atoms with Gasteiger partial charge in [-0.05, 0) is 71.6 Å². The topological polar surface area (TPSA) is 65.4 Å². The smallest absolute Gasteiger partial charge is 0.268 e. The van der Waals surface area contributed by atoms with E-state index in [9.17, 15) is 13.2 Å². The molecule has 0 fully saturated rings. The minimum absolute atomic E-state index is 0.0150.